The number of urea groups is 1. The highest BCUT2D eigenvalue weighted by Gasteiger charge is 2.29. The Morgan fingerprint density at radius 3 is 2.60 bits per heavy atom. The number of benzene rings is 2. The number of nitrogens with one attached hydrogen (secondary N) is 1. The molecule has 7 heteroatoms. The van der Waals surface area contributed by atoms with Gasteiger partial charge in [-0.1, -0.05) is 18.2 Å². The molecule has 1 fully saturated rings. The number of carboxylic acid groups (broad SMARTS) is 1. The second-order valence-corrected chi connectivity index (χ2v) is 5.88. The molecule has 5 nitrogen and oxygen atoms in total. The Bertz CT molecular complexity index is 826. The number of rotatable bonds is 3. The molecule has 130 valence electrons. The van der Waals surface area contributed by atoms with Crippen LogP contribution in [0.4, 0.5) is 19.3 Å². The van der Waals surface area contributed by atoms with E-state index in [9.17, 15) is 23.5 Å². The smallest absolute Gasteiger partial charge is 0.335 e. The van der Waals surface area contributed by atoms with E-state index in [4.69, 9.17) is 0 Å². The maximum Gasteiger partial charge on any atom is 0.335 e. The molecule has 1 aliphatic heterocycles. The van der Waals surface area contributed by atoms with Crippen molar-refractivity contribution in [2.24, 2.45) is 0 Å². The van der Waals surface area contributed by atoms with Crippen LogP contribution in [0, 0.1) is 11.6 Å². The summed E-state index contributed by atoms with van der Waals surface area (Å²) in [7, 11) is 0. The van der Waals surface area contributed by atoms with Crippen molar-refractivity contribution in [1.82, 2.24) is 4.90 Å². The Hall–Kier alpha value is -2.96. The van der Waals surface area contributed by atoms with Crippen molar-refractivity contribution < 1.29 is 23.5 Å². The molecule has 0 spiro atoms. The van der Waals surface area contributed by atoms with Crippen molar-refractivity contribution in [3.05, 3.63) is 65.2 Å². The number of carboxylic acids is 1. The van der Waals surface area contributed by atoms with Gasteiger partial charge >= 0.3 is 12.0 Å². The van der Waals surface area contributed by atoms with Crippen LogP contribution in [0.1, 0.15) is 28.3 Å². The number of hydrogen-bond acceptors (Lipinski definition) is 2. The summed E-state index contributed by atoms with van der Waals surface area (Å²) in [5.41, 5.74) is 1.09. The number of nitrogens with zero attached hydrogens (tertiary/aromatic N) is 1. The molecule has 3 rings (SSSR count). The summed E-state index contributed by atoms with van der Waals surface area (Å²) in [6, 6.07) is 9.44. The monoisotopic (exact) mass is 346 g/mol. The Morgan fingerprint density at radius 2 is 1.88 bits per heavy atom. The summed E-state index contributed by atoms with van der Waals surface area (Å²) in [4.78, 5) is 25.2. The zero-order valence-electron chi connectivity index (χ0n) is 13.2. The zero-order valence-corrected chi connectivity index (χ0v) is 13.2. The van der Waals surface area contributed by atoms with Crippen LogP contribution in [0.25, 0.3) is 0 Å². The van der Waals surface area contributed by atoms with Crippen molar-refractivity contribution in [3.63, 3.8) is 0 Å². The van der Waals surface area contributed by atoms with Crippen molar-refractivity contribution in [2.45, 2.75) is 12.3 Å². The van der Waals surface area contributed by atoms with Gasteiger partial charge in [0.15, 0.2) is 11.6 Å². The molecule has 1 heterocycles. The van der Waals surface area contributed by atoms with E-state index in [-0.39, 0.29) is 17.2 Å². The van der Waals surface area contributed by atoms with Gasteiger partial charge in [0.25, 0.3) is 0 Å². The van der Waals surface area contributed by atoms with E-state index in [2.05, 4.69) is 5.32 Å². The van der Waals surface area contributed by atoms with Crippen molar-refractivity contribution in [3.8, 4) is 0 Å². The number of anilines is 1. The van der Waals surface area contributed by atoms with Gasteiger partial charge in [-0.2, -0.15) is 0 Å². The van der Waals surface area contributed by atoms with E-state index >= 15 is 0 Å². The van der Waals surface area contributed by atoms with Gasteiger partial charge in [-0.15, -0.1) is 0 Å². The van der Waals surface area contributed by atoms with E-state index in [0.717, 1.165) is 12.1 Å². The Labute approximate surface area is 142 Å². The Balaban J connectivity index is 1.69. The fourth-order valence-corrected chi connectivity index (χ4v) is 3.02. The van der Waals surface area contributed by atoms with Gasteiger partial charge in [-0.25, -0.2) is 18.4 Å². The highest BCUT2D eigenvalue weighted by molar-refractivity contribution is 5.91. The van der Waals surface area contributed by atoms with Gasteiger partial charge in [0.2, 0.25) is 0 Å². The lowest BCUT2D eigenvalue weighted by Gasteiger charge is -2.18. The highest BCUT2D eigenvalue weighted by Crippen LogP contribution is 2.30. The second-order valence-electron chi connectivity index (χ2n) is 5.88. The fraction of sp³-hybridized carbons (Fsp3) is 0.222. The van der Waals surface area contributed by atoms with Crippen LogP contribution in [-0.4, -0.2) is 35.1 Å². The summed E-state index contributed by atoms with van der Waals surface area (Å²) in [5.74, 6) is -3.10. The summed E-state index contributed by atoms with van der Waals surface area (Å²) in [6.45, 7) is 0.813. The number of carbonyl (C=O) groups excluding carboxylic acids is 1. The van der Waals surface area contributed by atoms with Gasteiger partial charge in [0, 0.05) is 30.8 Å². The number of aromatic carboxylic acids is 1. The molecule has 2 aromatic rings. The normalized spacial score (nSPS) is 16.7. The average molecular weight is 346 g/mol. The van der Waals surface area contributed by atoms with E-state index in [1.54, 1.807) is 24.3 Å². The molecule has 0 unspecified atom stereocenters. The summed E-state index contributed by atoms with van der Waals surface area (Å²) in [6.07, 6.45) is 0.634. The molecular weight excluding hydrogens is 330 g/mol. The van der Waals surface area contributed by atoms with Crippen LogP contribution in [0.3, 0.4) is 0 Å². The van der Waals surface area contributed by atoms with Crippen LogP contribution < -0.4 is 5.32 Å². The minimum absolute atomic E-state index is 0.0806. The highest BCUT2D eigenvalue weighted by atomic mass is 19.2. The minimum atomic E-state index is -1.03. The standard InChI is InChI=1S/C18H16F2N2O3/c19-15-6-5-12(9-16(15)20)21-18(25)22-8-7-11(10-22)13-3-1-2-4-14(13)17(23)24/h1-6,9,11H,7-8,10H2,(H,21,25)(H,23,24)/t11-/m0/s1. The lowest BCUT2D eigenvalue weighted by molar-refractivity contribution is 0.0695. The Kier molecular flexibility index (Phi) is 4.65. The first kappa shape index (κ1) is 16.9. The molecule has 1 aliphatic rings. The van der Waals surface area contributed by atoms with E-state index in [1.165, 1.54) is 11.0 Å². The van der Waals surface area contributed by atoms with Crippen LogP contribution in [-0.2, 0) is 0 Å². The topological polar surface area (TPSA) is 69.6 Å². The van der Waals surface area contributed by atoms with Gasteiger partial charge in [-0.05, 0) is 30.2 Å². The molecule has 2 amide bonds. The van der Waals surface area contributed by atoms with Gasteiger partial charge < -0.3 is 15.3 Å². The van der Waals surface area contributed by atoms with E-state index in [1.807, 2.05) is 0 Å². The largest absolute Gasteiger partial charge is 0.478 e. The van der Waals surface area contributed by atoms with Crippen molar-refractivity contribution in [1.29, 1.82) is 0 Å². The predicted molar refractivity (Wildman–Crippen MR) is 87.7 cm³/mol. The van der Waals surface area contributed by atoms with Crippen LogP contribution in [0.5, 0.6) is 0 Å². The average Bonchev–Trinajstić information content (AvgIpc) is 3.08. The van der Waals surface area contributed by atoms with Crippen LogP contribution in [0.2, 0.25) is 0 Å². The predicted octanol–water partition coefficient (Wildman–Crippen LogP) is 3.68. The number of carbonyl (C=O) groups is 2. The first-order chi connectivity index (χ1) is 12.0. The number of hydrogen-bond donors (Lipinski definition) is 2. The van der Waals surface area contributed by atoms with E-state index < -0.39 is 23.6 Å². The zero-order chi connectivity index (χ0) is 18.0. The van der Waals surface area contributed by atoms with E-state index in [0.29, 0.717) is 25.1 Å². The first-order valence-corrected chi connectivity index (χ1v) is 7.79. The van der Waals surface area contributed by atoms with Gasteiger partial charge in [0.05, 0.1) is 5.56 Å². The Morgan fingerprint density at radius 1 is 1.12 bits per heavy atom. The maximum atomic E-state index is 13.2. The minimum Gasteiger partial charge on any atom is -0.478 e. The molecule has 2 aromatic carbocycles. The molecule has 0 radical (unpaired) electrons. The SMILES string of the molecule is O=C(O)c1ccccc1[C@H]1CCN(C(=O)Nc2ccc(F)c(F)c2)C1. The van der Waals surface area contributed by atoms with Crippen molar-refractivity contribution >= 4 is 17.7 Å². The second kappa shape index (κ2) is 6.88. The molecule has 1 atom stereocenters. The molecule has 25 heavy (non-hydrogen) atoms. The fourth-order valence-electron chi connectivity index (χ4n) is 3.02. The lowest BCUT2D eigenvalue weighted by atomic mass is 9.93. The third-order valence-electron chi connectivity index (χ3n) is 4.28. The quantitative estimate of drug-likeness (QED) is 0.891. The number of halogens is 2. The molecule has 0 saturated carbocycles. The molecule has 1 saturated heterocycles. The molecule has 0 aliphatic carbocycles. The van der Waals surface area contributed by atoms with Crippen molar-refractivity contribution in [2.75, 3.05) is 18.4 Å². The summed E-state index contributed by atoms with van der Waals surface area (Å²) < 4.78 is 26.1. The number of likely N-dealkylation sites (tertiary alicyclic amines) is 1. The molecule has 0 bridgehead atoms. The molecule has 2 N–H and O–H groups in total. The lowest BCUT2D eigenvalue weighted by Crippen LogP contribution is -2.32. The summed E-state index contributed by atoms with van der Waals surface area (Å²) >= 11 is 0. The molecule has 0 aromatic heterocycles. The third kappa shape index (κ3) is 3.60. The van der Waals surface area contributed by atoms with Gasteiger partial charge in [0.1, 0.15) is 0 Å². The molecular formula is C18H16F2N2O3. The summed E-state index contributed by atoms with van der Waals surface area (Å²) in [5, 5.41) is 11.8. The third-order valence-corrected chi connectivity index (χ3v) is 4.28. The first-order valence-electron chi connectivity index (χ1n) is 7.79. The number of amides is 2. The van der Waals surface area contributed by atoms with Crippen LogP contribution in [0.15, 0.2) is 42.5 Å². The maximum absolute atomic E-state index is 13.2. The van der Waals surface area contributed by atoms with Gasteiger partial charge in [-0.3, -0.25) is 0 Å². The van der Waals surface area contributed by atoms with Crippen LogP contribution >= 0.6 is 0 Å².